The summed E-state index contributed by atoms with van der Waals surface area (Å²) in [4.78, 5) is 36.6. The zero-order valence-corrected chi connectivity index (χ0v) is 12.2. The summed E-state index contributed by atoms with van der Waals surface area (Å²) in [5.41, 5.74) is 6.04. The number of aliphatic carboxylic acids is 1. The molecule has 1 aliphatic rings. The van der Waals surface area contributed by atoms with Crippen LogP contribution in [0.2, 0.25) is 0 Å². The Labute approximate surface area is 128 Å². The second-order valence-corrected chi connectivity index (χ2v) is 5.41. The fourth-order valence-corrected chi connectivity index (χ4v) is 2.54. The van der Waals surface area contributed by atoms with E-state index in [-0.39, 0.29) is 18.9 Å². The number of amides is 2. The van der Waals surface area contributed by atoms with E-state index in [1.165, 1.54) is 11.8 Å². The molecule has 0 spiro atoms. The lowest BCUT2D eigenvalue weighted by Gasteiger charge is -2.23. The smallest absolute Gasteiger partial charge is 0.326 e. The van der Waals surface area contributed by atoms with E-state index < -0.39 is 30.0 Å². The molecular formula is C15H19N3O4. The van der Waals surface area contributed by atoms with Crippen LogP contribution in [-0.4, -0.2) is 52.5 Å². The van der Waals surface area contributed by atoms with Crippen LogP contribution >= 0.6 is 0 Å². The van der Waals surface area contributed by atoms with Gasteiger partial charge in [-0.1, -0.05) is 18.2 Å². The summed E-state index contributed by atoms with van der Waals surface area (Å²) in [7, 11) is 0. The molecule has 22 heavy (non-hydrogen) atoms. The van der Waals surface area contributed by atoms with Crippen LogP contribution in [-0.2, 0) is 9.59 Å². The summed E-state index contributed by atoms with van der Waals surface area (Å²) in [6, 6.07) is 6.50. The largest absolute Gasteiger partial charge is 0.480 e. The van der Waals surface area contributed by atoms with Gasteiger partial charge in [-0.25, -0.2) is 4.79 Å². The maximum atomic E-state index is 12.1. The molecule has 4 N–H and O–H groups in total. The van der Waals surface area contributed by atoms with Gasteiger partial charge in [-0.05, 0) is 19.1 Å². The minimum absolute atomic E-state index is 0.149. The summed E-state index contributed by atoms with van der Waals surface area (Å²) < 4.78 is 0. The number of carbonyl (C=O) groups excluding carboxylic acids is 2. The molecule has 2 amide bonds. The molecule has 1 fully saturated rings. The minimum Gasteiger partial charge on any atom is -0.480 e. The van der Waals surface area contributed by atoms with Crippen LogP contribution in [0.3, 0.4) is 0 Å². The molecule has 3 unspecified atom stereocenters. The molecule has 7 heteroatoms. The van der Waals surface area contributed by atoms with Gasteiger partial charge < -0.3 is 21.1 Å². The van der Waals surface area contributed by atoms with Crippen LogP contribution in [0.1, 0.15) is 23.7 Å². The van der Waals surface area contributed by atoms with Crippen molar-refractivity contribution >= 4 is 17.8 Å². The number of hydrogen-bond donors (Lipinski definition) is 3. The molecule has 0 saturated carbocycles. The lowest BCUT2D eigenvalue weighted by atomic mass is 10.1. The van der Waals surface area contributed by atoms with Crippen molar-refractivity contribution in [1.82, 2.24) is 10.2 Å². The third-order valence-corrected chi connectivity index (χ3v) is 3.63. The third kappa shape index (κ3) is 3.43. The molecule has 0 radical (unpaired) electrons. The van der Waals surface area contributed by atoms with Crippen LogP contribution in [0.4, 0.5) is 0 Å². The highest BCUT2D eigenvalue weighted by Gasteiger charge is 2.40. The van der Waals surface area contributed by atoms with Crippen molar-refractivity contribution in [3.63, 3.8) is 0 Å². The van der Waals surface area contributed by atoms with Gasteiger partial charge in [0.15, 0.2) is 0 Å². The fourth-order valence-electron chi connectivity index (χ4n) is 2.54. The van der Waals surface area contributed by atoms with Gasteiger partial charge in [-0.15, -0.1) is 0 Å². The Bertz CT molecular complexity index is 573. The molecule has 2 rings (SSSR count). The molecule has 0 aliphatic carbocycles. The monoisotopic (exact) mass is 305 g/mol. The van der Waals surface area contributed by atoms with Gasteiger partial charge in [0.05, 0.1) is 6.04 Å². The maximum absolute atomic E-state index is 12.1. The van der Waals surface area contributed by atoms with E-state index >= 15 is 0 Å². The van der Waals surface area contributed by atoms with Crippen LogP contribution < -0.4 is 11.1 Å². The van der Waals surface area contributed by atoms with Gasteiger partial charge in [0, 0.05) is 24.6 Å². The highest BCUT2D eigenvalue weighted by molar-refractivity contribution is 5.94. The van der Waals surface area contributed by atoms with Crippen molar-refractivity contribution in [2.24, 2.45) is 5.73 Å². The van der Waals surface area contributed by atoms with Gasteiger partial charge in [0.2, 0.25) is 5.91 Å². The summed E-state index contributed by atoms with van der Waals surface area (Å²) in [5, 5.41) is 12.0. The molecule has 1 heterocycles. The first-order chi connectivity index (χ1) is 10.4. The van der Waals surface area contributed by atoms with Crippen LogP contribution in [0.15, 0.2) is 30.3 Å². The first-order valence-corrected chi connectivity index (χ1v) is 7.05. The zero-order valence-electron chi connectivity index (χ0n) is 12.2. The Morgan fingerprint density at radius 2 is 1.95 bits per heavy atom. The van der Waals surface area contributed by atoms with E-state index in [2.05, 4.69) is 5.32 Å². The summed E-state index contributed by atoms with van der Waals surface area (Å²) in [6.07, 6.45) is 0.173. The van der Waals surface area contributed by atoms with E-state index in [0.717, 1.165) is 0 Å². The molecule has 1 saturated heterocycles. The number of carbonyl (C=O) groups is 3. The third-order valence-electron chi connectivity index (χ3n) is 3.63. The Balaban J connectivity index is 2.06. The quantitative estimate of drug-likeness (QED) is 0.714. The van der Waals surface area contributed by atoms with Crippen LogP contribution in [0, 0.1) is 0 Å². The molecule has 7 nitrogen and oxygen atoms in total. The Morgan fingerprint density at radius 3 is 2.50 bits per heavy atom. The summed E-state index contributed by atoms with van der Waals surface area (Å²) in [6.45, 7) is 1.66. The number of likely N-dealkylation sites (tertiary alicyclic amines) is 1. The predicted octanol–water partition coefficient (Wildman–Crippen LogP) is -0.182. The first kappa shape index (κ1) is 16.0. The lowest BCUT2D eigenvalue weighted by Crippen LogP contribution is -2.48. The molecule has 118 valence electrons. The Hall–Kier alpha value is -2.41. The van der Waals surface area contributed by atoms with E-state index in [1.54, 1.807) is 30.3 Å². The van der Waals surface area contributed by atoms with Crippen molar-refractivity contribution < 1.29 is 19.5 Å². The predicted molar refractivity (Wildman–Crippen MR) is 79.1 cm³/mol. The number of nitrogens with zero attached hydrogens (tertiary/aromatic N) is 1. The molecule has 0 aromatic heterocycles. The second-order valence-electron chi connectivity index (χ2n) is 5.41. The Kier molecular flexibility index (Phi) is 4.77. The number of hydrogen-bond acceptors (Lipinski definition) is 4. The number of carboxylic acid groups (broad SMARTS) is 1. The van der Waals surface area contributed by atoms with Gasteiger partial charge >= 0.3 is 5.97 Å². The number of rotatable bonds is 4. The van der Waals surface area contributed by atoms with E-state index in [4.69, 9.17) is 5.73 Å². The van der Waals surface area contributed by atoms with E-state index in [9.17, 15) is 19.5 Å². The van der Waals surface area contributed by atoms with Gasteiger partial charge in [-0.2, -0.15) is 0 Å². The number of benzene rings is 1. The van der Waals surface area contributed by atoms with Gasteiger partial charge in [0.25, 0.3) is 5.91 Å². The molecule has 1 aromatic carbocycles. The zero-order chi connectivity index (χ0) is 16.3. The Morgan fingerprint density at radius 1 is 1.32 bits per heavy atom. The van der Waals surface area contributed by atoms with Crippen molar-refractivity contribution in [2.45, 2.75) is 31.5 Å². The highest BCUT2D eigenvalue weighted by atomic mass is 16.4. The van der Waals surface area contributed by atoms with Crippen molar-refractivity contribution in [1.29, 1.82) is 0 Å². The van der Waals surface area contributed by atoms with E-state index in [0.29, 0.717) is 5.56 Å². The van der Waals surface area contributed by atoms with Crippen molar-refractivity contribution in [2.75, 3.05) is 6.54 Å². The number of nitrogens with two attached hydrogens (primary N) is 1. The number of carboxylic acids is 1. The topological polar surface area (TPSA) is 113 Å². The molecule has 1 aromatic rings. The van der Waals surface area contributed by atoms with Crippen LogP contribution in [0.5, 0.6) is 0 Å². The van der Waals surface area contributed by atoms with Crippen LogP contribution in [0.25, 0.3) is 0 Å². The standard InChI is InChI=1S/C15H19N3O4/c1-9(16)14(20)18-8-11(7-12(18)15(21)22)17-13(19)10-5-3-2-4-6-10/h2-6,9,11-12H,7-8,16H2,1H3,(H,17,19)(H,21,22). The molecular weight excluding hydrogens is 286 g/mol. The average molecular weight is 305 g/mol. The molecule has 0 bridgehead atoms. The first-order valence-electron chi connectivity index (χ1n) is 7.05. The van der Waals surface area contributed by atoms with Gasteiger partial charge in [0.1, 0.15) is 6.04 Å². The summed E-state index contributed by atoms with van der Waals surface area (Å²) in [5.74, 6) is -1.81. The normalized spacial score (nSPS) is 22.2. The molecule has 1 aliphatic heterocycles. The number of nitrogens with one attached hydrogen (secondary N) is 1. The highest BCUT2D eigenvalue weighted by Crippen LogP contribution is 2.19. The summed E-state index contributed by atoms with van der Waals surface area (Å²) >= 11 is 0. The van der Waals surface area contributed by atoms with Crippen molar-refractivity contribution in [3.8, 4) is 0 Å². The minimum atomic E-state index is -1.09. The average Bonchev–Trinajstić information content (AvgIpc) is 2.91. The fraction of sp³-hybridized carbons (Fsp3) is 0.400. The van der Waals surface area contributed by atoms with Crippen molar-refractivity contribution in [3.05, 3.63) is 35.9 Å². The maximum Gasteiger partial charge on any atom is 0.326 e. The second kappa shape index (κ2) is 6.57. The van der Waals surface area contributed by atoms with E-state index in [1.807, 2.05) is 0 Å². The van der Waals surface area contributed by atoms with Gasteiger partial charge in [-0.3, -0.25) is 9.59 Å². The molecule has 3 atom stereocenters. The lowest BCUT2D eigenvalue weighted by molar-refractivity contribution is -0.148. The SMILES string of the molecule is CC(N)C(=O)N1CC(NC(=O)c2ccccc2)CC1C(=O)O.